The van der Waals surface area contributed by atoms with Crippen LogP contribution in [-0.4, -0.2) is 32.9 Å². The molecule has 0 fully saturated rings. The Balaban J connectivity index is 2.02. The SMILES string of the molecule is COc1ccc([C@@H]2CCc3cc(OC)ccc3[C@@H]2CS(=O)(=O)O)cc1. The van der Waals surface area contributed by atoms with Crippen molar-refractivity contribution >= 4 is 10.1 Å². The Morgan fingerprint density at radius 2 is 1.68 bits per heavy atom. The molecule has 25 heavy (non-hydrogen) atoms. The van der Waals surface area contributed by atoms with Gasteiger partial charge in [0.05, 0.1) is 20.0 Å². The Kier molecular flexibility index (Phi) is 5.01. The number of methoxy groups -OCH3 is 2. The third-order valence-electron chi connectivity index (χ3n) is 4.89. The van der Waals surface area contributed by atoms with Crippen molar-refractivity contribution in [2.24, 2.45) is 0 Å². The van der Waals surface area contributed by atoms with Crippen LogP contribution in [0.15, 0.2) is 42.5 Å². The summed E-state index contributed by atoms with van der Waals surface area (Å²) in [4.78, 5) is 0. The molecule has 0 bridgehead atoms. The second kappa shape index (κ2) is 7.06. The molecule has 2 aromatic carbocycles. The van der Waals surface area contributed by atoms with Crippen LogP contribution in [-0.2, 0) is 16.5 Å². The molecule has 5 nitrogen and oxygen atoms in total. The summed E-state index contributed by atoms with van der Waals surface area (Å²) >= 11 is 0. The normalized spacial score (nSPS) is 20.0. The quantitative estimate of drug-likeness (QED) is 0.825. The monoisotopic (exact) mass is 362 g/mol. The van der Waals surface area contributed by atoms with Gasteiger partial charge in [0, 0.05) is 5.92 Å². The van der Waals surface area contributed by atoms with Gasteiger partial charge in [-0.25, -0.2) is 0 Å². The van der Waals surface area contributed by atoms with Gasteiger partial charge in [0.2, 0.25) is 0 Å². The summed E-state index contributed by atoms with van der Waals surface area (Å²) in [7, 11) is -0.869. The fourth-order valence-corrected chi connectivity index (χ4v) is 4.56. The van der Waals surface area contributed by atoms with Crippen LogP contribution in [0.3, 0.4) is 0 Å². The maximum Gasteiger partial charge on any atom is 0.265 e. The van der Waals surface area contributed by atoms with E-state index in [2.05, 4.69) is 0 Å². The van der Waals surface area contributed by atoms with Gasteiger partial charge < -0.3 is 9.47 Å². The molecule has 2 atom stereocenters. The first-order valence-electron chi connectivity index (χ1n) is 8.17. The van der Waals surface area contributed by atoms with E-state index in [0.29, 0.717) is 0 Å². The third-order valence-corrected chi connectivity index (χ3v) is 5.67. The van der Waals surface area contributed by atoms with E-state index in [4.69, 9.17) is 9.47 Å². The Hall–Kier alpha value is -2.05. The van der Waals surface area contributed by atoms with Crippen LogP contribution in [0.25, 0.3) is 0 Å². The second-order valence-electron chi connectivity index (χ2n) is 6.34. The maximum atomic E-state index is 11.6. The lowest BCUT2D eigenvalue weighted by Gasteiger charge is -2.33. The molecule has 0 radical (unpaired) electrons. The zero-order valence-electron chi connectivity index (χ0n) is 14.3. The van der Waals surface area contributed by atoms with Gasteiger partial charge in [-0.05, 0) is 59.7 Å². The Labute approximate surface area is 148 Å². The minimum absolute atomic E-state index is 0.0220. The molecule has 0 aliphatic heterocycles. The molecular weight excluding hydrogens is 340 g/mol. The topological polar surface area (TPSA) is 72.8 Å². The zero-order chi connectivity index (χ0) is 18.0. The summed E-state index contributed by atoms with van der Waals surface area (Å²) in [6.45, 7) is 0. The van der Waals surface area contributed by atoms with E-state index in [1.54, 1.807) is 14.2 Å². The molecule has 1 aliphatic carbocycles. The Morgan fingerprint density at radius 1 is 1.04 bits per heavy atom. The molecule has 6 heteroatoms. The van der Waals surface area contributed by atoms with E-state index in [0.717, 1.165) is 41.0 Å². The van der Waals surface area contributed by atoms with Crippen LogP contribution < -0.4 is 9.47 Å². The predicted molar refractivity (Wildman–Crippen MR) is 96.2 cm³/mol. The van der Waals surface area contributed by atoms with Gasteiger partial charge in [0.1, 0.15) is 11.5 Å². The van der Waals surface area contributed by atoms with E-state index in [9.17, 15) is 13.0 Å². The summed E-state index contributed by atoms with van der Waals surface area (Å²) in [5, 5.41) is 0. The average molecular weight is 362 g/mol. The molecule has 2 aromatic rings. The third kappa shape index (κ3) is 3.96. The van der Waals surface area contributed by atoms with Gasteiger partial charge in [-0.1, -0.05) is 18.2 Å². The number of rotatable bonds is 5. The molecule has 1 aliphatic rings. The summed E-state index contributed by atoms with van der Waals surface area (Å²) in [5.74, 6) is 0.957. The highest BCUT2D eigenvalue weighted by atomic mass is 32.2. The molecule has 0 amide bonds. The maximum absolute atomic E-state index is 11.6. The lowest BCUT2D eigenvalue weighted by molar-refractivity contribution is 0.410. The van der Waals surface area contributed by atoms with Crippen LogP contribution in [0.5, 0.6) is 11.5 Å². The molecule has 134 valence electrons. The molecule has 0 spiro atoms. The van der Waals surface area contributed by atoms with Gasteiger partial charge >= 0.3 is 0 Å². The largest absolute Gasteiger partial charge is 0.497 e. The van der Waals surface area contributed by atoms with Crippen LogP contribution in [0.2, 0.25) is 0 Å². The van der Waals surface area contributed by atoms with Crippen molar-refractivity contribution in [1.29, 1.82) is 0 Å². The van der Waals surface area contributed by atoms with E-state index in [-0.39, 0.29) is 17.6 Å². The molecule has 0 saturated heterocycles. The number of benzene rings is 2. The first-order valence-corrected chi connectivity index (χ1v) is 9.78. The predicted octanol–water partition coefficient (Wildman–Crippen LogP) is 3.41. The van der Waals surface area contributed by atoms with Crippen molar-refractivity contribution in [2.45, 2.75) is 24.7 Å². The van der Waals surface area contributed by atoms with Crippen LogP contribution in [0.4, 0.5) is 0 Å². The minimum Gasteiger partial charge on any atom is -0.497 e. The number of hydrogen-bond acceptors (Lipinski definition) is 4. The van der Waals surface area contributed by atoms with Crippen molar-refractivity contribution in [1.82, 2.24) is 0 Å². The fourth-order valence-electron chi connectivity index (χ4n) is 3.70. The van der Waals surface area contributed by atoms with Gasteiger partial charge in [0.25, 0.3) is 10.1 Å². The highest BCUT2D eigenvalue weighted by Crippen LogP contribution is 2.44. The van der Waals surface area contributed by atoms with Crippen molar-refractivity contribution in [3.63, 3.8) is 0 Å². The highest BCUT2D eigenvalue weighted by molar-refractivity contribution is 7.85. The molecular formula is C19H22O5S. The Morgan fingerprint density at radius 3 is 2.28 bits per heavy atom. The van der Waals surface area contributed by atoms with E-state index in [1.807, 2.05) is 42.5 Å². The van der Waals surface area contributed by atoms with E-state index >= 15 is 0 Å². The molecule has 0 unspecified atom stereocenters. The van der Waals surface area contributed by atoms with Crippen LogP contribution in [0, 0.1) is 0 Å². The van der Waals surface area contributed by atoms with Gasteiger partial charge in [-0.15, -0.1) is 0 Å². The molecule has 0 saturated carbocycles. The fraction of sp³-hybridized carbons (Fsp3) is 0.368. The first-order chi connectivity index (χ1) is 11.9. The van der Waals surface area contributed by atoms with Gasteiger partial charge in [-0.2, -0.15) is 8.42 Å². The summed E-state index contributed by atoms with van der Waals surface area (Å²) < 4.78 is 43.2. The molecule has 0 aromatic heterocycles. The van der Waals surface area contributed by atoms with Crippen molar-refractivity contribution in [3.05, 3.63) is 59.2 Å². The van der Waals surface area contributed by atoms with Gasteiger partial charge in [-0.3, -0.25) is 4.55 Å². The lowest BCUT2D eigenvalue weighted by atomic mass is 9.73. The van der Waals surface area contributed by atoms with E-state index in [1.165, 1.54) is 0 Å². The number of hydrogen-bond donors (Lipinski definition) is 1. The molecule has 3 rings (SSSR count). The van der Waals surface area contributed by atoms with Crippen molar-refractivity contribution in [3.8, 4) is 11.5 Å². The summed E-state index contributed by atoms with van der Waals surface area (Å²) in [6.07, 6.45) is 1.65. The highest BCUT2D eigenvalue weighted by Gasteiger charge is 2.33. The Bertz CT molecular complexity index is 843. The van der Waals surface area contributed by atoms with Gasteiger partial charge in [0.15, 0.2) is 0 Å². The molecule has 1 N–H and O–H groups in total. The van der Waals surface area contributed by atoms with Crippen molar-refractivity contribution in [2.75, 3.05) is 20.0 Å². The number of ether oxygens (including phenoxy) is 2. The first kappa shape index (κ1) is 17.8. The van der Waals surface area contributed by atoms with Crippen LogP contribution in [0.1, 0.15) is 34.9 Å². The summed E-state index contributed by atoms with van der Waals surface area (Å²) in [5.41, 5.74) is 3.10. The standard InChI is InChI=1S/C19H22O5S/c1-23-15-6-3-13(4-7-15)17-9-5-14-11-16(24-2)8-10-18(14)19(17)12-25(20,21)22/h3-4,6-8,10-11,17,19H,5,9,12H2,1-2H3,(H,20,21,22)/t17-,19+/m0/s1. The number of aryl methyl sites for hydroxylation is 1. The average Bonchev–Trinajstić information content (AvgIpc) is 2.60. The smallest absolute Gasteiger partial charge is 0.265 e. The van der Waals surface area contributed by atoms with Crippen LogP contribution >= 0.6 is 0 Å². The summed E-state index contributed by atoms with van der Waals surface area (Å²) in [6, 6.07) is 13.4. The minimum atomic E-state index is -4.09. The van der Waals surface area contributed by atoms with Crippen molar-refractivity contribution < 1.29 is 22.4 Å². The lowest BCUT2D eigenvalue weighted by Crippen LogP contribution is -2.25. The zero-order valence-corrected chi connectivity index (χ0v) is 15.1. The second-order valence-corrected chi connectivity index (χ2v) is 7.84. The van der Waals surface area contributed by atoms with E-state index < -0.39 is 10.1 Å². The number of fused-ring (bicyclic) bond motifs is 1. The molecule has 0 heterocycles.